The third-order valence-electron chi connectivity index (χ3n) is 3.07. The minimum atomic E-state index is 0.0259. The molecule has 7 heteroatoms. The molecule has 0 spiro atoms. The van der Waals surface area contributed by atoms with Crippen molar-refractivity contribution >= 4 is 39.8 Å². The molecule has 0 atom stereocenters. The summed E-state index contributed by atoms with van der Waals surface area (Å²) in [6.07, 6.45) is 1.73. The number of rotatable bonds is 9. The lowest BCUT2D eigenvalue weighted by Gasteiger charge is -2.20. The number of para-hydroxylation sites is 1. The first-order valence-electron chi connectivity index (χ1n) is 7.76. The molecule has 1 N–H and O–H groups in total. The number of aromatic nitrogens is 2. The van der Waals surface area contributed by atoms with Crippen molar-refractivity contribution in [3.05, 3.63) is 43.0 Å². The van der Waals surface area contributed by atoms with Gasteiger partial charge in [-0.15, -0.1) is 16.8 Å². The number of anilines is 2. The maximum atomic E-state index is 12.5. The SMILES string of the molecule is C=CCN(C(=O)CSc1nnc(NCC(C)C)s1)c1ccccc1. The molecule has 1 aromatic carbocycles. The van der Waals surface area contributed by atoms with Crippen LogP contribution in [0.5, 0.6) is 0 Å². The third kappa shape index (κ3) is 5.65. The van der Waals surface area contributed by atoms with Crippen molar-refractivity contribution in [2.24, 2.45) is 5.92 Å². The molecule has 0 aliphatic carbocycles. The zero-order valence-corrected chi connectivity index (χ0v) is 15.6. The standard InChI is InChI=1S/C17H22N4OS2/c1-4-10-21(14-8-6-5-7-9-14)15(22)12-23-17-20-19-16(24-17)18-11-13(2)3/h4-9,13H,1,10-12H2,2-3H3,(H,18,19). The topological polar surface area (TPSA) is 58.1 Å². The van der Waals surface area contributed by atoms with Gasteiger partial charge in [0.2, 0.25) is 11.0 Å². The molecule has 0 aliphatic heterocycles. The highest BCUT2D eigenvalue weighted by atomic mass is 32.2. The maximum absolute atomic E-state index is 12.5. The molecule has 0 saturated heterocycles. The van der Waals surface area contributed by atoms with Crippen molar-refractivity contribution in [3.63, 3.8) is 0 Å². The number of carbonyl (C=O) groups is 1. The van der Waals surface area contributed by atoms with Gasteiger partial charge >= 0.3 is 0 Å². The van der Waals surface area contributed by atoms with E-state index >= 15 is 0 Å². The van der Waals surface area contributed by atoms with E-state index in [1.807, 2.05) is 30.3 Å². The van der Waals surface area contributed by atoms with Crippen molar-refractivity contribution in [1.29, 1.82) is 0 Å². The Hall–Kier alpha value is -1.86. The van der Waals surface area contributed by atoms with Crippen LogP contribution in [0, 0.1) is 5.92 Å². The van der Waals surface area contributed by atoms with Crippen LogP contribution in [0.3, 0.4) is 0 Å². The summed E-state index contributed by atoms with van der Waals surface area (Å²) in [7, 11) is 0. The Labute approximate surface area is 151 Å². The van der Waals surface area contributed by atoms with Gasteiger partial charge in [0.15, 0.2) is 4.34 Å². The van der Waals surface area contributed by atoms with Crippen LogP contribution in [0.2, 0.25) is 0 Å². The first-order valence-corrected chi connectivity index (χ1v) is 9.57. The number of nitrogens with zero attached hydrogens (tertiary/aromatic N) is 3. The van der Waals surface area contributed by atoms with Gasteiger partial charge in [-0.3, -0.25) is 4.79 Å². The number of carbonyl (C=O) groups excluding carboxylic acids is 1. The molecule has 5 nitrogen and oxygen atoms in total. The normalized spacial score (nSPS) is 10.6. The van der Waals surface area contributed by atoms with E-state index in [1.54, 1.807) is 11.0 Å². The lowest BCUT2D eigenvalue weighted by atomic mass is 10.2. The number of nitrogens with one attached hydrogen (secondary N) is 1. The summed E-state index contributed by atoms with van der Waals surface area (Å²) in [6, 6.07) is 9.62. The van der Waals surface area contributed by atoms with E-state index in [1.165, 1.54) is 23.1 Å². The van der Waals surface area contributed by atoms with Gasteiger partial charge in [-0.25, -0.2) is 0 Å². The second-order valence-corrected chi connectivity index (χ2v) is 7.77. The number of thioether (sulfide) groups is 1. The third-order valence-corrected chi connectivity index (χ3v) is 5.07. The summed E-state index contributed by atoms with van der Waals surface area (Å²) < 4.78 is 0.793. The molecular weight excluding hydrogens is 340 g/mol. The number of amides is 1. The van der Waals surface area contributed by atoms with Gasteiger partial charge in [0.05, 0.1) is 5.75 Å². The highest BCUT2D eigenvalue weighted by Gasteiger charge is 2.16. The Bertz CT molecular complexity index is 658. The summed E-state index contributed by atoms with van der Waals surface area (Å²) in [5, 5.41) is 12.3. The molecule has 2 rings (SSSR count). The number of hydrogen-bond donors (Lipinski definition) is 1. The first-order chi connectivity index (χ1) is 11.6. The minimum Gasteiger partial charge on any atom is -0.360 e. The predicted octanol–water partition coefficient (Wildman–Crippen LogP) is 3.92. The zero-order valence-electron chi connectivity index (χ0n) is 13.9. The largest absolute Gasteiger partial charge is 0.360 e. The average molecular weight is 363 g/mol. The van der Waals surface area contributed by atoms with Crippen LogP contribution in [-0.4, -0.2) is 34.9 Å². The van der Waals surface area contributed by atoms with Crippen LogP contribution < -0.4 is 10.2 Å². The fourth-order valence-corrected chi connectivity index (χ4v) is 3.56. The molecule has 0 saturated carbocycles. The Morgan fingerprint density at radius 1 is 1.38 bits per heavy atom. The molecular formula is C17H22N4OS2. The molecule has 0 fully saturated rings. The Kier molecular flexibility index (Phi) is 7.27. The lowest BCUT2D eigenvalue weighted by Crippen LogP contribution is -2.32. The van der Waals surface area contributed by atoms with Gasteiger partial charge in [-0.1, -0.05) is 61.2 Å². The van der Waals surface area contributed by atoms with E-state index in [2.05, 4.69) is 35.9 Å². The van der Waals surface area contributed by atoms with Gasteiger partial charge in [0.25, 0.3) is 0 Å². The molecule has 1 heterocycles. The van der Waals surface area contributed by atoms with Crippen LogP contribution in [0.25, 0.3) is 0 Å². The van der Waals surface area contributed by atoms with E-state index in [9.17, 15) is 4.79 Å². The monoisotopic (exact) mass is 362 g/mol. The van der Waals surface area contributed by atoms with Crippen molar-refractivity contribution in [2.75, 3.05) is 29.1 Å². The summed E-state index contributed by atoms with van der Waals surface area (Å²) in [5.41, 5.74) is 0.875. The Morgan fingerprint density at radius 2 is 2.12 bits per heavy atom. The van der Waals surface area contributed by atoms with Gasteiger partial charge in [-0.2, -0.15) is 0 Å². The molecule has 0 aliphatic rings. The summed E-state index contributed by atoms with van der Waals surface area (Å²) >= 11 is 2.89. The predicted molar refractivity (Wildman–Crippen MR) is 103 cm³/mol. The first kappa shape index (κ1) is 18.5. The van der Waals surface area contributed by atoms with Crippen LogP contribution in [0.15, 0.2) is 47.3 Å². The van der Waals surface area contributed by atoms with E-state index in [-0.39, 0.29) is 5.91 Å². The fourth-order valence-electron chi connectivity index (χ4n) is 1.92. The maximum Gasteiger partial charge on any atom is 0.237 e. The number of benzene rings is 1. The second-order valence-electron chi connectivity index (χ2n) is 5.57. The van der Waals surface area contributed by atoms with Gasteiger partial charge in [-0.05, 0) is 18.1 Å². The van der Waals surface area contributed by atoms with Gasteiger partial charge in [0, 0.05) is 18.8 Å². The van der Waals surface area contributed by atoms with Crippen LogP contribution >= 0.6 is 23.1 Å². The molecule has 0 radical (unpaired) electrons. The van der Waals surface area contributed by atoms with E-state index in [0.717, 1.165) is 21.7 Å². The van der Waals surface area contributed by atoms with Crippen molar-refractivity contribution < 1.29 is 4.79 Å². The van der Waals surface area contributed by atoms with E-state index in [4.69, 9.17) is 0 Å². The molecule has 2 aromatic rings. The summed E-state index contributed by atoms with van der Waals surface area (Å²) in [5.74, 6) is 0.893. The fraction of sp³-hybridized carbons (Fsp3) is 0.353. The lowest BCUT2D eigenvalue weighted by molar-refractivity contribution is -0.116. The Balaban J connectivity index is 1.92. The average Bonchev–Trinajstić information content (AvgIpc) is 3.04. The molecule has 128 valence electrons. The van der Waals surface area contributed by atoms with Crippen molar-refractivity contribution in [1.82, 2.24) is 10.2 Å². The van der Waals surface area contributed by atoms with E-state index in [0.29, 0.717) is 18.2 Å². The van der Waals surface area contributed by atoms with Gasteiger partial charge in [0.1, 0.15) is 0 Å². The molecule has 24 heavy (non-hydrogen) atoms. The number of hydrogen-bond acceptors (Lipinski definition) is 6. The van der Waals surface area contributed by atoms with E-state index < -0.39 is 0 Å². The highest BCUT2D eigenvalue weighted by Crippen LogP contribution is 2.26. The van der Waals surface area contributed by atoms with Crippen LogP contribution in [0.4, 0.5) is 10.8 Å². The quantitative estimate of drug-likeness (QED) is 0.541. The summed E-state index contributed by atoms with van der Waals surface area (Å²) in [6.45, 7) is 9.36. The second kappa shape index (κ2) is 9.44. The van der Waals surface area contributed by atoms with Crippen LogP contribution in [-0.2, 0) is 4.79 Å². The minimum absolute atomic E-state index is 0.0259. The summed E-state index contributed by atoms with van der Waals surface area (Å²) in [4.78, 5) is 14.2. The van der Waals surface area contributed by atoms with Crippen LogP contribution in [0.1, 0.15) is 13.8 Å². The zero-order chi connectivity index (χ0) is 17.4. The van der Waals surface area contributed by atoms with Crippen molar-refractivity contribution in [3.8, 4) is 0 Å². The highest BCUT2D eigenvalue weighted by molar-refractivity contribution is 8.01. The molecule has 0 bridgehead atoms. The smallest absolute Gasteiger partial charge is 0.237 e. The van der Waals surface area contributed by atoms with Gasteiger partial charge < -0.3 is 10.2 Å². The molecule has 1 amide bonds. The molecule has 1 aromatic heterocycles. The Morgan fingerprint density at radius 3 is 2.79 bits per heavy atom. The molecule has 0 unspecified atom stereocenters. The van der Waals surface area contributed by atoms with Crippen molar-refractivity contribution in [2.45, 2.75) is 18.2 Å².